The molecule has 8 nitrogen and oxygen atoms in total. The highest BCUT2D eigenvalue weighted by Gasteiger charge is 2.36. The number of hydrogen-bond acceptors (Lipinski definition) is 8. The van der Waals surface area contributed by atoms with E-state index < -0.39 is 11.7 Å². The zero-order chi connectivity index (χ0) is 25.0. The van der Waals surface area contributed by atoms with Gasteiger partial charge in [-0.15, -0.1) is 0 Å². The maximum absolute atomic E-state index is 13.1. The maximum atomic E-state index is 13.1. The number of nitrogens with two attached hydrogens (primary N) is 1. The number of aryl methyl sites for hydroxylation is 2. The van der Waals surface area contributed by atoms with E-state index in [2.05, 4.69) is 24.9 Å². The van der Waals surface area contributed by atoms with Crippen LogP contribution in [0.4, 0.5) is 19.1 Å². The Morgan fingerprint density at radius 3 is 2.40 bits per heavy atom. The fraction of sp³-hybridized carbons (Fsp3) is 0.458. The van der Waals surface area contributed by atoms with Crippen LogP contribution in [0.5, 0.6) is 0 Å². The predicted octanol–water partition coefficient (Wildman–Crippen LogP) is 3.84. The van der Waals surface area contributed by atoms with Crippen molar-refractivity contribution in [2.45, 2.75) is 45.3 Å². The maximum Gasteiger partial charge on any atom is 0.413 e. The second-order valence-corrected chi connectivity index (χ2v) is 8.51. The predicted molar refractivity (Wildman–Crippen MR) is 129 cm³/mol. The van der Waals surface area contributed by atoms with Crippen molar-refractivity contribution in [3.63, 3.8) is 0 Å². The molecular formula is C24H28F3N7O. The van der Waals surface area contributed by atoms with Crippen molar-refractivity contribution >= 4 is 28.9 Å². The molecular weight excluding hydrogens is 459 g/mol. The van der Waals surface area contributed by atoms with Crippen molar-refractivity contribution in [3.05, 3.63) is 47.1 Å². The van der Waals surface area contributed by atoms with Gasteiger partial charge in [0.05, 0.1) is 30.6 Å². The number of aliphatic imine (C=N–C) groups is 1. The van der Waals surface area contributed by atoms with Crippen LogP contribution >= 0.6 is 0 Å². The first kappa shape index (κ1) is 24.8. The number of alkyl halides is 3. The standard InChI is InChI=1S/C18H18F3N5O.C6H10N2/c1-10-11(2)23-16-15(22-10)14(12-3-4-13(9-12)18(19,20)21)24-17(25-16)26-5-7-27-8-6-26;7-4-1-5-8-6-2-3-6/h3-4H,5-9H2,1-2H3;1,4-6H,2-3,7H2/b;4-1-,8-5?. The lowest BCUT2D eigenvalue weighted by Crippen LogP contribution is -2.37. The van der Waals surface area contributed by atoms with E-state index in [1.54, 1.807) is 12.3 Å². The molecule has 1 saturated heterocycles. The van der Waals surface area contributed by atoms with E-state index in [1.165, 1.54) is 25.1 Å². The van der Waals surface area contributed by atoms with Crippen LogP contribution in [-0.4, -0.2) is 64.7 Å². The van der Waals surface area contributed by atoms with Crippen LogP contribution in [0, 0.1) is 13.8 Å². The number of halogens is 3. The summed E-state index contributed by atoms with van der Waals surface area (Å²) in [5.74, 6) is 0.444. The summed E-state index contributed by atoms with van der Waals surface area (Å²) in [7, 11) is 0. The first-order valence-electron chi connectivity index (χ1n) is 11.5. The lowest BCUT2D eigenvalue weighted by Gasteiger charge is -2.27. The van der Waals surface area contributed by atoms with E-state index >= 15 is 0 Å². The third kappa shape index (κ3) is 6.21. The number of nitrogens with zero attached hydrogens (tertiary/aromatic N) is 6. The Balaban J connectivity index is 0.000000308. The molecule has 0 aromatic carbocycles. The van der Waals surface area contributed by atoms with E-state index in [4.69, 9.17) is 10.5 Å². The molecule has 0 radical (unpaired) electrons. The molecule has 0 unspecified atom stereocenters. The fourth-order valence-corrected chi connectivity index (χ4v) is 3.56. The SMILES string of the molecule is Cc1nc2nc(N3CCOCC3)nc(C3=CC=C(C(F)(F)F)C3)c2nc1C.N/C=C\C=NC1CC1. The summed E-state index contributed by atoms with van der Waals surface area (Å²) in [5.41, 5.74) is 7.62. The number of anilines is 1. The van der Waals surface area contributed by atoms with Crippen molar-refractivity contribution in [3.8, 4) is 0 Å². The molecule has 0 spiro atoms. The molecule has 2 aromatic heterocycles. The smallest absolute Gasteiger partial charge is 0.405 e. The summed E-state index contributed by atoms with van der Waals surface area (Å²) in [5, 5.41) is 0. The molecule has 2 aliphatic carbocycles. The topological polar surface area (TPSA) is 102 Å². The van der Waals surface area contributed by atoms with E-state index in [0.29, 0.717) is 66.4 Å². The molecule has 1 aliphatic heterocycles. The molecule has 35 heavy (non-hydrogen) atoms. The Kier molecular flexibility index (Phi) is 7.44. The summed E-state index contributed by atoms with van der Waals surface area (Å²) in [4.78, 5) is 24.2. The van der Waals surface area contributed by atoms with E-state index in [9.17, 15) is 13.2 Å². The number of aromatic nitrogens is 4. The minimum absolute atomic E-state index is 0.229. The Morgan fingerprint density at radius 2 is 1.77 bits per heavy atom. The number of fused-ring (bicyclic) bond motifs is 1. The zero-order valence-electron chi connectivity index (χ0n) is 19.7. The normalized spacial score (nSPS) is 18.7. The van der Waals surface area contributed by atoms with Crippen molar-refractivity contribution in [1.29, 1.82) is 0 Å². The van der Waals surface area contributed by atoms with Gasteiger partial charge in [0.1, 0.15) is 11.2 Å². The van der Waals surface area contributed by atoms with Gasteiger partial charge < -0.3 is 15.4 Å². The molecule has 186 valence electrons. The van der Waals surface area contributed by atoms with Gasteiger partial charge in [-0.1, -0.05) is 12.2 Å². The minimum atomic E-state index is -4.35. The molecule has 5 rings (SSSR count). The first-order valence-corrected chi connectivity index (χ1v) is 11.5. The molecule has 2 N–H and O–H groups in total. The Labute approximate surface area is 201 Å². The van der Waals surface area contributed by atoms with Gasteiger partial charge in [0.15, 0.2) is 5.65 Å². The molecule has 0 bridgehead atoms. The number of allylic oxidation sites excluding steroid dienone is 5. The van der Waals surface area contributed by atoms with Gasteiger partial charge in [-0.2, -0.15) is 18.2 Å². The monoisotopic (exact) mass is 487 g/mol. The molecule has 1 saturated carbocycles. The largest absolute Gasteiger partial charge is 0.413 e. The van der Waals surface area contributed by atoms with Crippen molar-refractivity contribution in [1.82, 2.24) is 19.9 Å². The average molecular weight is 488 g/mol. The van der Waals surface area contributed by atoms with E-state index in [-0.39, 0.29) is 6.42 Å². The van der Waals surface area contributed by atoms with Gasteiger partial charge in [-0.3, -0.25) is 4.99 Å². The minimum Gasteiger partial charge on any atom is -0.405 e. The van der Waals surface area contributed by atoms with Crippen LogP contribution in [-0.2, 0) is 4.74 Å². The lowest BCUT2D eigenvalue weighted by atomic mass is 10.1. The number of hydrogen-bond donors (Lipinski definition) is 1. The van der Waals surface area contributed by atoms with Crippen LogP contribution in [0.15, 0.2) is 35.0 Å². The third-order valence-corrected chi connectivity index (χ3v) is 5.80. The third-order valence-electron chi connectivity index (χ3n) is 5.80. The lowest BCUT2D eigenvalue weighted by molar-refractivity contribution is -0.0923. The Hall–Kier alpha value is -3.34. The van der Waals surface area contributed by atoms with Gasteiger partial charge in [-0.05, 0) is 44.5 Å². The van der Waals surface area contributed by atoms with Crippen molar-refractivity contribution < 1.29 is 17.9 Å². The van der Waals surface area contributed by atoms with Crippen LogP contribution in [0.2, 0.25) is 0 Å². The zero-order valence-corrected chi connectivity index (χ0v) is 19.7. The fourth-order valence-electron chi connectivity index (χ4n) is 3.56. The number of morpholine rings is 1. The van der Waals surface area contributed by atoms with Crippen molar-refractivity contribution in [2.24, 2.45) is 10.7 Å². The highest BCUT2D eigenvalue weighted by atomic mass is 19.4. The number of ether oxygens (including phenoxy) is 1. The summed E-state index contributed by atoms with van der Waals surface area (Å²) >= 11 is 0. The highest BCUT2D eigenvalue weighted by Crippen LogP contribution is 2.39. The molecule has 3 aliphatic rings. The molecule has 11 heteroatoms. The summed E-state index contributed by atoms with van der Waals surface area (Å²) in [6.45, 7) is 5.98. The Morgan fingerprint density at radius 1 is 1.06 bits per heavy atom. The average Bonchev–Trinajstić information content (AvgIpc) is 3.51. The number of rotatable bonds is 4. The van der Waals surface area contributed by atoms with Gasteiger partial charge in [-0.25, -0.2) is 15.0 Å². The highest BCUT2D eigenvalue weighted by molar-refractivity contribution is 5.88. The van der Waals surface area contributed by atoms with Gasteiger partial charge in [0.25, 0.3) is 0 Å². The first-order chi connectivity index (χ1) is 16.8. The van der Waals surface area contributed by atoms with Crippen molar-refractivity contribution in [2.75, 3.05) is 31.2 Å². The van der Waals surface area contributed by atoms with E-state index in [1.807, 2.05) is 18.7 Å². The quantitative estimate of drug-likeness (QED) is 0.654. The van der Waals surface area contributed by atoms with Crippen LogP contribution in [0.1, 0.15) is 36.3 Å². The molecule has 2 aromatic rings. The molecule has 0 atom stereocenters. The van der Waals surface area contributed by atoms with Gasteiger partial charge >= 0.3 is 6.18 Å². The van der Waals surface area contributed by atoms with Crippen LogP contribution < -0.4 is 10.6 Å². The van der Waals surface area contributed by atoms with E-state index in [0.717, 1.165) is 11.8 Å². The second-order valence-electron chi connectivity index (χ2n) is 8.51. The summed E-state index contributed by atoms with van der Waals surface area (Å²) < 4.78 is 44.6. The Bertz CT molecular complexity index is 1190. The molecule has 0 amide bonds. The summed E-state index contributed by atoms with van der Waals surface area (Å²) in [6.07, 6.45) is 5.50. The second kappa shape index (κ2) is 10.5. The van der Waals surface area contributed by atoms with Crippen LogP contribution in [0.3, 0.4) is 0 Å². The molecule has 3 heterocycles. The summed E-state index contributed by atoms with van der Waals surface area (Å²) in [6, 6.07) is 0.617. The van der Waals surface area contributed by atoms with Gasteiger partial charge in [0, 0.05) is 31.3 Å². The van der Waals surface area contributed by atoms with Gasteiger partial charge in [0.2, 0.25) is 5.95 Å². The van der Waals surface area contributed by atoms with Crippen LogP contribution in [0.25, 0.3) is 16.7 Å². The molecule has 2 fully saturated rings.